The molecule has 1 saturated carbocycles. The van der Waals surface area contributed by atoms with Gasteiger partial charge in [0.25, 0.3) is 5.91 Å². The van der Waals surface area contributed by atoms with Crippen molar-refractivity contribution >= 4 is 17.8 Å². The minimum atomic E-state index is -0.822. The standard InChI is InChI=1S/C25H37N3O3/c1-17(2)19-8-6-18(7-9-19)12-15-26-21(29)16-28-22(30)25(27-23(28)31)13-10-20(11-14-25)24(3,4)5/h6-9,17,20H,10-16H2,1-5H3,(H,26,29)(H,27,31). The van der Waals surface area contributed by atoms with E-state index >= 15 is 0 Å². The van der Waals surface area contributed by atoms with Gasteiger partial charge in [0.15, 0.2) is 0 Å². The topological polar surface area (TPSA) is 78.5 Å². The number of benzene rings is 1. The van der Waals surface area contributed by atoms with Gasteiger partial charge in [-0.15, -0.1) is 0 Å². The molecule has 0 unspecified atom stereocenters. The zero-order valence-electron chi connectivity index (χ0n) is 19.6. The molecule has 1 spiro atoms. The Balaban J connectivity index is 1.49. The largest absolute Gasteiger partial charge is 0.354 e. The van der Waals surface area contributed by atoms with Gasteiger partial charge in [-0.05, 0) is 60.5 Å². The molecule has 3 rings (SSSR count). The summed E-state index contributed by atoms with van der Waals surface area (Å²) < 4.78 is 0. The molecule has 1 saturated heterocycles. The number of carbonyl (C=O) groups is 3. The highest BCUT2D eigenvalue weighted by atomic mass is 16.2. The second-order valence-corrected chi connectivity index (χ2v) is 10.5. The van der Waals surface area contributed by atoms with Crippen molar-refractivity contribution < 1.29 is 14.4 Å². The van der Waals surface area contributed by atoms with Crippen molar-refractivity contribution in [2.24, 2.45) is 11.3 Å². The molecule has 4 amide bonds. The molecule has 0 radical (unpaired) electrons. The number of imide groups is 1. The zero-order valence-corrected chi connectivity index (χ0v) is 19.6. The Morgan fingerprint density at radius 3 is 2.32 bits per heavy atom. The van der Waals surface area contributed by atoms with Crippen molar-refractivity contribution in [2.75, 3.05) is 13.1 Å². The van der Waals surface area contributed by atoms with E-state index in [4.69, 9.17) is 0 Å². The molecule has 2 N–H and O–H groups in total. The fourth-order valence-corrected chi connectivity index (χ4v) is 4.75. The van der Waals surface area contributed by atoms with Crippen LogP contribution in [0.2, 0.25) is 0 Å². The van der Waals surface area contributed by atoms with Crippen LogP contribution in [0.1, 0.15) is 77.3 Å². The molecule has 31 heavy (non-hydrogen) atoms. The zero-order chi connectivity index (χ0) is 22.8. The van der Waals surface area contributed by atoms with Gasteiger partial charge in [0, 0.05) is 6.54 Å². The van der Waals surface area contributed by atoms with Crippen molar-refractivity contribution in [1.29, 1.82) is 0 Å². The molecule has 1 heterocycles. The molecule has 6 heteroatoms. The third-order valence-corrected chi connectivity index (χ3v) is 6.99. The number of carbonyl (C=O) groups excluding carboxylic acids is 3. The number of amides is 4. The second-order valence-electron chi connectivity index (χ2n) is 10.5. The molecule has 2 aliphatic rings. The first-order valence-corrected chi connectivity index (χ1v) is 11.5. The second kappa shape index (κ2) is 9.01. The summed E-state index contributed by atoms with van der Waals surface area (Å²) in [5.74, 6) is 0.478. The molecule has 1 aromatic rings. The van der Waals surface area contributed by atoms with Crippen LogP contribution in [-0.2, 0) is 16.0 Å². The van der Waals surface area contributed by atoms with E-state index < -0.39 is 11.6 Å². The summed E-state index contributed by atoms with van der Waals surface area (Å²) in [4.78, 5) is 39.0. The van der Waals surface area contributed by atoms with Gasteiger partial charge in [0.05, 0.1) is 0 Å². The Morgan fingerprint density at radius 1 is 1.16 bits per heavy atom. The highest BCUT2D eigenvalue weighted by Crippen LogP contribution is 2.43. The van der Waals surface area contributed by atoms with Crippen LogP contribution in [0.4, 0.5) is 4.79 Å². The highest BCUT2D eigenvalue weighted by molar-refractivity contribution is 6.09. The van der Waals surface area contributed by atoms with Crippen molar-refractivity contribution in [3.8, 4) is 0 Å². The van der Waals surface area contributed by atoms with Gasteiger partial charge in [0.2, 0.25) is 5.91 Å². The molecule has 0 bridgehead atoms. The minimum absolute atomic E-state index is 0.196. The highest BCUT2D eigenvalue weighted by Gasteiger charge is 2.53. The first kappa shape index (κ1) is 23.3. The van der Waals surface area contributed by atoms with E-state index in [1.807, 2.05) is 0 Å². The van der Waals surface area contributed by atoms with Crippen LogP contribution in [0.25, 0.3) is 0 Å². The lowest BCUT2D eigenvalue weighted by atomic mass is 9.67. The number of nitrogens with one attached hydrogen (secondary N) is 2. The summed E-state index contributed by atoms with van der Waals surface area (Å²) in [5.41, 5.74) is 1.81. The average molecular weight is 428 g/mol. The third kappa shape index (κ3) is 5.28. The van der Waals surface area contributed by atoms with Crippen molar-refractivity contribution in [1.82, 2.24) is 15.5 Å². The number of hydrogen-bond acceptors (Lipinski definition) is 3. The lowest BCUT2D eigenvalue weighted by Gasteiger charge is -2.40. The molecule has 2 fully saturated rings. The van der Waals surface area contributed by atoms with Crippen LogP contribution in [0, 0.1) is 11.3 Å². The Morgan fingerprint density at radius 2 is 1.77 bits per heavy atom. The molecule has 170 valence electrons. The Bertz CT molecular complexity index is 815. The summed E-state index contributed by atoms with van der Waals surface area (Å²) in [7, 11) is 0. The van der Waals surface area contributed by atoms with Gasteiger partial charge in [0.1, 0.15) is 12.1 Å². The summed E-state index contributed by atoms with van der Waals surface area (Å²) in [6, 6.07) is 7.94. The van der Waals surface area contributed by atoms with E-state index in [0.717, 1.165) is 23.3 Å². The SMILES string of the molecule is CC(C)c1ccc(CCNC(=O)CN2C(=O)NC3(CCC(C(C)(C)C)CC3)C2=O)cc1. The fraction of sp³-hybridized carbons (Fsp3) is 0.640. The molecular weight excluding hydrogens is 390 g/mol. The molecular formula is C25H37N3O3. The Labute approximate surface area is 186 Å². The van der Waals surface area contributed by atoms with Crippen LogP contribution in [-0.4, -0.2) is 41.4 Å². The summed E-state index contributed by atoms with van der Waals surface area (Å²) in [6.45, 7) is 11.2. The van der Waals surface area contributed by atoms with Crippen LogP contribution in [0.5, 0.6) is 0 Å². The number of urea groups is 1. The summed E-state index contributed by atoms with van der Waals surface area (Å²) in [5, 5.41) is 5.74. The van der Waals surface area contributed by atoms with Gasteiger partial charge >= 0.3 is 6.03 Å². The van der Waals surface area contributed by atoms with Crippen LogP contribution < -0.4 is 10.6 Å². The van der Waals surface area contributed by atoms with Gasteiger partial charge in [-0.3, -0.25) is 14.5 Å². The first-order chi connectivity index (χ1) is 14.5. The minimum Gasteiger partial charge on any atom is -0.354 e. The van der Waals surface area contributed by atoms with Gasteiger partial charge in [-0.25, -0.2) is 4.79 Å². The van der Waals surface area contributed by atoms with Crippen molar-refractivity contribution in [3.05, 3.63) is 35.4 Å². The van der Waals surface area contributed by atoms with E-state index in [2.05, 4.69) is 69.5 Å². The first-order valence-electron chi connectivity index (χ1n) is 11.5. The maximum Gasteiger partial charge on any atom is 0.325 e. The lowest BCUT2D eigenvalue weighted by molar-refractivity contribution is -0.136. The Kier molecular flexibility index (Phi) is 6.77. The molecule has 0 atom stereocenters. The third-order valence-electron chi connectivity index (χ3n) is 6.99. The summed E-state index contributed by atoms with van der Waals surface area (Å²) >= 11 is 0. The molecule has 1 aliphatic heterocycles. The van der Waals surface area contributed by atoms with Crippen LogP contribution in [0.3, 0.4) is 0 Å². The average Bonchev–Trinajstić information content (AvgIpc) is 2.92. The van der Waals surface area contributed by atoms with Crippen molar-refractivity contribution in [2.45, 2.75) is 78.2 Å². The van der Waals surface area contributed by atoms with Gasteiger partial charge < -0.3 is 10.6 Å². The van der Waals surface area contributed by atoms with Gasteiger partial charge in [-0.2, -0.15) is 0 Å². The van der Waals surface area contributed by atoms with Crippen LogP contribution in [0.15, 0.2) is 24.3 Å². The monoisotopic (exact) mass is 427 g/mol. The molecule has 1 aliphatic carbocycles. The maximum absolute atomic E-state index is 13.0. The molecule has 0 aromatic heterocycles. The van der Waals surface area contributed by atoms with E-state index in [1.165, 1.54) is 5.56 Å². The number of hydrogen-bond donors (Lipinski definition) is 2. The quantitative estimate of drug-likeness (QED) is 0.674. The smallest absolute Gasteiger partial charge is 0.325 e. The van der Waals surface area contributed by atoms with E-state index in [9.17, 15) is 14.4 Å². The number of nitrogens with zero attached hydrogens (tertiary/aromatic N) is 1. The molecule has 6 nitrogen and oxygen atoms in total. The predicted molar refractivity (Wildman–Crippen MR) is 122 cm³/mol. The molecule has 1 aromatic carbocycles. The Hall–Kier alpha value is -2.37. The predicted octanol–water partition coefficient (Wildman–Crippen LogP) is 4.00. The van der Waals surface area contributed by atoms with E-state index in [1.54, 1.807) is 0 Å². The fourth-order valence-electron chi connectivity index (χ4n) is 4.75. The van der Waals surface area contributed by atoms with E-state index in [0.29, 0.717) is 37.6 Å². The maximum atomic E-state index is 13.0. The lowest BCUT2D eigenvalue weighted by Crippen LogP contribution is -2.51. The normalized spacial score (nSPS) is 24.1. The summed E-state index contributed by atoms with van der Waals surface area (Å²) in [6.07, 6.45) is 3.81. The number of rotatable bonds is 6. The van der Waals surface area contributed by atoms with Crippen molar-refractivity contribution in [3.63, 3.8) is 0 Å². The van der Waals surface area contributed by atoms with E-state index in [-0.39, 0.29) is 23.8 Å². The van der Waals surface area contributed by atoms with Crippen LogP contribution >= 0.6 is 0 Å². The van der Waals surface area contributed by atoms with Gasteiger partial charge in [-0.1, -0.05) is 58.9 Å².